The van der Waals surface area contributed by atoms with E-state index in [0.717, 1.165) is 37.7 Å². The van der Waals surface area contributed by atoms with Gasteiger partial charge in [-0.3, -0.25) is 0 Å². The molecule has 0 atom stereocenters. The summed E-state index contributed by atoms with van der Waals surface area (Å²) in [6.45, 7) is 4.62. The zero-order chi connectivity index (χ0) is 13.3. The third kappa shape index (κ3) is 2.25. The Morgan fingerprint density at radius 3 is 2.47 bits per heavy atom. The highest BCUT2D eigenvalue weighted by Crippen LogP contribution is 2.44. The maximum Gasteiger partial charge on any atom is 0.145 e. The summed E-state index contributed by atoms with van der Waals surface area (Å²) in [6.07, 6.45) is 2.59. The molecule has 0 bridgehead atoms. The zero-order valence-corrected chi connectivity index (χ0v) is 11.7. The molecule has 0 unspecified atom stereocenters. The van der Waals surface area contributed by atoms with Gasteiger partial charge in [-0.25, -0.2) is 0 Å². The molecule has 1 spiro atoms. The molecular formula is C15H22N2O2. The first-order valence-corrected chi connectivity index (χ1v) is 6.94. The highest BCUT2D eigenvalue weighted by atomic mass is 16.5. The lowest BCUT2D eigenvalue weighted by atomic mass is 9.72. The molecule has 4 nitrogen and oxygen atoms in total. The highest BCUT2D eigenvalue weighted by Gasteiger charge is 2.44. The van der Waals surface area contributed by atoms with E-state index in [1.54, 1.807) is 14.2 Å². The number of ether oxygens (including phenoxy) is 2. The molecule has 2 heterocycles. The van der Waals surface area contributed by atoms with Gasteiger partial charge >= 0.3 is 0 Å². The number of nitrogens with one attached hydrogen (secondary N) is 1. The number of rotatable bonds is 3. The summed E-state index contributed by atoms with van der Waals surface area (Å²) >= 11 is 0. The van der Waals surface area contributed by atoms with Gasteiger partial charge < -0.3 is 19.7 Å². The normalized spacial score (nSPS) is 21.1. The van der Waals surface area contributed by atoms with Crippen LogP contribution in [0.15, 0.2) is 18.2 Å². The largest absolute Gasteiger partial charge is 0.497 e. The second kappa shape index (κ2) is 4.93. The van der Waals surface area contributed by atoms with Gasteiger partial charge in [0.2, 0.25) is 0 Å². The van der Waals surface area contributed by atoms with Crippen molar-refractivity contribution in [2.45, 2.75) is 12.8 Å². The van der Waals surface area contributed by atoms with Crippen LogP contribution in [-0.4, -0.2) is 40.4 Å². The van der Waals surface area contributed by atoms with E-state index in [1.807, 2.05) is 12.1 Å². The summed E-state index contributed by atoms with van der Waals surface area (Å²) in [5.41, 5.74) is 1.73. The molecule has 0 radical (unpaired) electrons. The molecular weight excluding hydrogens is 240 g/mol. The number of nitrogens with zero attached hydrogens (tertiary/aromatic N) is 1. The van der Waals surface area contributed by atoms with Gasteiger partial charge in [0.1, 0.15) is 11.5 Å². The second-order valence-corrected chi connectivity index (χ2v) is 5.64. The van der Waals surface area contributed by atoms with Crippen LogP contribution >= 0.6 is 0 Å². The van der Waals surface area contributed by atoms with Crippen LogP contribution in [0.4, 0.5) is 5.69 Å². The van der Waals surface area contributed by atoms with E-state index >= 15 is 0 Å². The monoisotopic (exact) mass is 262 g/mol. The second-order valence-electron chi connectivity index (χ2n) is 5.64. The first-order valence-electron chi connectivity index (χ1n) is 6.94. The maximum atomic E-state index is 5.49. The van der Waals surface area contributed by atoms with Gasteiger partial charge in [-0.15, -0.1) is 0 Å². The Morgan fingerprint density at radius 1 is 1.11 bits per heavy atom. The molecule has 0 aromatic heterocycles. The van der Waals surface area contributed by atoms with Crippen molar-refractivity contribution in [1.82, 2.24) is 5.32 Å². The first kappa shape index (κ1) is 12.6. The van der Waals surface area contributed by atoms with Crippen LogP contribution < -0.4 is 19.7 Å². The Hall–Kier alpha value is -1.42. The Morgan fingerprint density at radius 2 is 1.84 bits per heavy atom. The SMILES string of the molecule is COc1ccc(N2CC3(CCNCC3)C2)c(OC)c1. The number of methoxy groups -OCH3 is 2. The summed E-state index contributed by atoms with van der Waals surface area (Å²) in [5, 5.41) is 3.44. The fourth-order valence-corrected chi connectivity index (χ4v) is 3.25. The lowest BCUT2D eigenvalue weighted by molar-refractivity contribution is 0.149. The van der Waals surface area contributed by atoms with Crippen molar-refractivity contribution in [3.05, 3.63) is 18.2 Å². The number of anilines is 1. The highest BCUT2D eigenvalue weighted by molar-refractivity contribution is 5.63. The van der Waals surface area contributed by atoms with Crippen molar-refractivity contribution < 1.29 is 9.47 Å². The van der Waals surface area contributed by atoms with Crippen molar-refractivity contribution in [1.29, 1.82) is 0 Å². The molecule has 1 N–H and O–H groups in total. The zero-order valence-electron chi connectivity index (χ0n) is 11.7. The van der Waals surface area contributed by atoms with Crippen LogP contribution in [0.1, 0.15) is 12.8 Å². The molecule has 2 aliphatic heterocycles. The van der Waals surface area contributed by atoms with Crippen molar-refractivity contribution in [3.8, 4) is 11.5 Å². The fourth-order valence-electron chi connectivity index (χ4n) is 3.25. The lowest BCUT2D eigenvalue weighted by Gasteiger charge is -2.53. The minimum atomic E-state index is 0.538. The van der Waals surface area contributed by atoms with Gasteiger partial charge in [0.25, 0.3) is 0 Å². The molecule has 0 saturated carbocycles. The van der Waals surface area contributed by atoms with Crippen LogP contribution in [0.2, 0.25) is 0 Å². The predicted octanol–water partition coefficient (Wildman–Crippen LogP) is 1.89. The standard InChI is InChI=1S/C15H22N2O2/c1-18-12-3-4-13(14(9-12)19-2)17-10-15(11-17)5-7-16-8-6-15/h3-4,9,16H,5-8,10-11H2,1-2H3. The molecule has 19 heavy (non-hydrogen) atoms. The molecule has 3 rings (SSSR count). The topological polar surface area (TPSA) is 33.7 Å². The molecule has 2 aliphatic rings. The maximum absolute atomic E-state index is 5.49. The molecule has 0 amide bonds. The van der Waals surface area contributed by atoms with Crippen molar-refractivity contribution >= 4 is 5.69 Å². The molecule has 1 aromatic rings. The number of hydrogen-bond acceptors (Lipinski definition) is 4. The summed E-state index contributed by atoms with van der Waals surface area (Å²) < 4.78 is 10.7. The number of piperidine rings is 1. The summed E-state index contributed by atoms with van der Waals surface area (Å²) in [6, 6.07) is 6.07. The molecule has 1 aromatic carbocycles. The van der Waals surface area contributed by atoms with Crippen LogP contribution in [0.5, 0.6) is 11.5 Å². The summed E-state index contributed by atoms with van der Waals surface area (Å²) in [5.74, 6) is 1.75. The minimum Gasteiger partial charge on any atom is -0.497 e. The van der Waals surface area contributed by atoms with Crippen LogP contribution in [0.3, 0.4) is 0 Å². The lowest BCUT2D eigenvalue weighted by Crippen LogP contribution is -2.60. The van der Waals surface area contributed by atoms with E-state index in [-0.39, 0.29) is 0 Å². The van der Waals surface area contributed by atoms with Crippen molar-refractivity contribution in [2.24, 2.45) is 5.41 Å². The van der Waals surface area contributed by atoms with Crippen molar-refractivity contribution in [2.75, 3.05) is 45.3 Å². The Balaban J connectivity index is 1.74. The van der Waals surface area contributed by atoms with Gasteiger partial charge in [-0.1, -0.05) is 0 Å². The van der Waals surface area contributed by atoms with E-state index in [2.05, 4.69) is 16.3 Å². The molecule has 104 valence electrons. The average molecular weight is 262 g/mol. The summed E-state index contributed by atoms with van der Waals surface area (Å²) in [7, 11) is 3.40. The van der Waals surface area contributed by atoms with Crippen LogP contribution in [0, 0.1) is 5.41 Å². The van der Waals surface area contributed by atoms with Gasteiger partial charge in [-0.2, -0.15) is 0 Å². The summed E-state index contributed by atoms with van der Waals surface area (Å²) in [4.78, 5) is 2.42. The third-order valence-corrected chi connectivity index (χ3v) is 4.44. The average Bonchev–Trinajstić information content (AvgIpc) is 2.45. The van der Waals surface area contributed by atoms with Gasteiger partial charge in [0, 0.05) is 24.6 Å². The predicted molar refractivity (Wildman–Crippen MR) is 76.3 cm³/mol. The van der Waals surface area contributed by atoms with Crippen LogP contribution in [0.25, 0.3) is 0 Å². The van der Waals surface area contributed by atoms with Gasteiger partial charge in [0.05, 0.1) is 19.9 Å². The van der Waals surface area contributed by atoms with E-state index in [1.165, 1.54) is 18.5 Å². The Kier molecular flexibility index (Phi) is 3.27. The van der Waals surface area contributed by atoms with E-state index in [4.69, 9.17) is 9.47 Å². The quantitative estimate of drug-likeness (QED) is 0.902. The fraction of sp³-hybridized carbons (Fsp3) is 0.600. The molecule has 2 fully saturated rings. The Labute approximate surface area is 114 Å². The Bertz CT molecular complexity index is 447. The van der Waals surface area contributed by atoms with Crippen molar-refractivity contribution in [3.63, 3.8) is 0 Å². The van der Waals surface area contributed by atoms with Gasteiger partial charge in [0.15, 0.2) is 0 Å². The number of hydrogen-bond donors (Lipinski definition) is 1. The van der Waals surface area contributed by atoms with E-state index < -0.39 is 0 Å². The van der Waals surface area contributed by atoms with E-state index in [0.29, 0.717) is 5.41 Å². The number of benzene rings is 1. The first-order chi connectivity index (χ1) is 9.26. The van der Waals surface area contributed by atoms with Gasteiger partial charge in [-0.05, 0) is 38.1 Å². The third-order valence-electron chi connectivity index (χ3n) is 4.44. The smallest absolute Gasteiger partial charge is 0.145 e. The minimum absolute atomic E-state index is 0.538. The molecule has 4 heteroatoms. The van der Waals surface area contributed by atoms with E-state index in [9.17, 15) is 0 Å². The molecule has 2 saturated heterocycles. The van der Waals surface area contributed by atoms with Crippen LogP contribution in [-0.2, 0) is 0 Å². The molecule has 0 aliphatic carbocycles.